The predicted molar refractivity (Wildman–Crippen MR) is 109 cm³/mol. The molecule has 0 bridgehead atoms. The van der Waals surface area contributed by atoms with Crippen LogP contribution in [0.25, 0.3) is 33.7 Å². The van der Waals surface area contributed by atoms with Gasteiger partial charge in [0, 0.05) is 40.8 Å². The molecule has 0 atom stereocenters. The first-order valence-electron chi connectivity index (χ1n) is 8.84. The predicted octanol–water partition coefficient (Wildman–Crippen LogP) is 4.39. The van der Waals surface area contributed by atoms with Gasteiger partial charge >= 0.3 is 0 Å². The molecule has 5 rings (SSSR count). The fourth-order valence-electron chi connectivity index (χ4n) is 3.12. The summed E-state index contributed by atoms with van der Waals surface area (Å²) in [4.78, 5) is 16.3. The number of aromatic nitrogens is 5. The summed E-state index contributed by atoms with van der Waals surface area (Å²) in [5.74, 6) is 1.64. The van der Waals surface area contributed by atoms with E-state index in [1.165, 1.54) is 17.3 Å². The van der Waals surface area contributed by atoms with E-state index in [0.29, 0.717) is 23.1 Å². The van der Waals surface area contributed by atoms with E-state index in [0.717, 1.165) is 24.0 Å². The number of thiophene rings is 1. The molecule has 7 nitrogen and oxygen atoms in total. The van der Waals surface area contributed by atoms with Crippen LogP contribution in [0.5, 0.6) is 0 Å². The monoisotopic (exact) mass is 388 g/mol. The zero-order chi connectivity index (χ0) is 18.8. The van der Waals surface area contributed by atoms with Crippen molar-refractivity contribution in [3.05, 3.63) is 65.4 Å². The lowest BCUT2D eigenvalue weighted by Crippen LogP contribution is -2.07. The third-order valence-corrected chi connectivity index (χ3v) is 5.19. The number of nitrogens with one attached hydrogen (secondary N) is 2. The Morgan fingerprint density at radius 1 is 1.18 bits per heavy atom. The highest BCUT2D eigenvalue weighted by molar-refractivity contribution is 7.08. The maximum absolute atomic E-state index is 5.44. The Hall–Kier alpha value is -3.52. The molecule has 0 amide bonds. The van der Waals surface area contributed by atoms with Crippen molar-refractivity contribution >= 4 is 28.1 Å². The minimum atomic E-state index is 0.399. The van der Waals surface area contributed by atoms with E-state index >= 15 is 0 Å². The molecule has 5 aromatic rings. The number of H-pyrrole nitrogens is 1. The average molecular weight is 388 g/mol. The van der Waals surface area contributed by atoms with E-state index in [1.807, 2.05) is 22.9 Å². The molecule has 0 aliphatic heterocycles. The lowest BCUT2D eigenvalue weighted by atomic mass is 10.1. The third kappa shape index (κ3) is 3.14. The standard InChI is InChI=1S/C20H16N6OS/c1-2-4-17-15(3-1)13(9-23-17)5-7-22-19-16(10-21-12-24-19)20-25-18(26-27-20)14-6-8-28-11-14/h1-4,6,8-12,23H,5,7H2,(H,21,22,24). The molecule has 4 heterocycles. The van der Waals surface area contributed by atoms with Crippen LogP contribution >= 0.6 is 11.3 Å². The van der Waals surface area contributed by atoms with Crippen molar-refractivity contribution < 1.29 is 4.52 Å². The molecule has 0 aliphatic carbocycles. The summed E-state index contributed by atoms with van der Waals surface area (Å²) in [6.45, 7) is 0.720. The Kier molecular flexibility index (Phi) is 4.30. The molecule has 2 N–H and O–H groups in total. The molecular weight excluding hydrogens is 372 g/mol. The summed E-state index contributed by atoms with van der Waals surface area (Å²) in [7, 11) is 0. The molecule has 0 saturated carbocycles. The van der Waals surface area contributed by atoms with Crippen molar-refractivity contribution in [2.75, 3.05) is 11.9 Å². The smallest absolute Gasteiger partial charge is 0.263 e. The molecule has 0 unspecified atom stereocenters. The van der Waals surface area contributed by atoms with Gasteiger partial charge in [0.25, 0.3) is 5.89 Å². The van der Waals surface area contributed by atoms with Crippen LogP contribution in [0.4, 0.5) is 5.82 Å². The molecular formula is C20H16N6OS. The molecule has 0 radical (unpaired) electrons. The van der Waals surface area contributed by atoms with Gasteiger partial charge in [-0.15, -0.1) is 0 Å². The van der Waals surface area contributed by atoms with Crippen LogP contribution in [0, 0.1) is 0 Å². The van der Waals surface area contributed by atoms with E-state index in [9.17, 15) is 0 Å². The Balaban J connectivity index is 1.34. The lowest BCUT2D eigenvalue weighted by molar-refractivity contribution is 0.432. The van der Waals surface area contributed by atoms with Crippen molar-refractivity contribution in [1.82, 2.24) is 25.1 Å². The van der Waals surface area contributed by atoms with Gasteiger partial charge in [-0.3, -0.25) is 0 Å². The van der Waals surface area contributed by atoms with Crippen LogP contribution in [-0.4, -0.2) is 31.6 Å². The molecule has 8 heteroatoms. The number of benzene rings is 1. The van der Waals surface area contributed by atoms with Crippen LogP contribution < -0.4 is 5.32 Å². The summed E-state index contributed by atoms with van der Waals surface area (Å²) in [6.07, 6.45) is 6.11. The highest BCUT2D eigenvalue weighted by Gasteiger charge is 2.15. The second-order valence-corrected chi connectivity index (χ2v) is 7.04. The second-order valence-electron chi connectivity index (χ2n) is 6.26. The minimum absolute atomic E-state index is 0.399. The topological polar surface area (TPSA) is 92.5 Å². The number of hydrogen-bond acceptors (Lipinski definition) is 7. The molecule has 138 valence electrons. The molecule has 28 heavy (non-hydrogen) atoms. The van der Waals surface area contributed by atoms with Gasteiger partial charge in [-0.1, -0.05) is 23.4 Å². The summed E-state index contributed by atoms with van der Waals surface area (Å²) in [5, 5.41) is 12.6. The fraction of sp³-hybridized carbons (Fsp3) is 0.100. The number of nitrogens with zero attached hydrogens (tertiary/aromatic N) is 4. The lowest BCUT2D eigenvalue weighted by Gasteiger charge is -2.07. The molecule has 4 aromatic heterocycles. The minimum Gasteiger partial charge on any atom is -0.369 e. The molecule has 0 fully saturated rings. The number of fused-ring (bicyclic) bond motifs is 1. The maximum atomic E-state index is 5.44. The number of aromatic amines is 1. The highest BCUT2D eigenvalue weighted by Crippen LogP contribution is 2.27. The van der Waals surface area contributed by atoms with Gasteiger partial charge in [0.1, 0.15) is 17.7 Å². The van der Waals surface area contributed by atoms with E-state index in [2.05, 4.69) is 54.8 Å². The number of anilines is 1. The van der Waals surface area contributed by atoms with Gasteiger partial charge in [0.05, 0.1) is 0 Å². The van der Waals surface area contributed by atoms with Crippen LogP contribution in [0.1, 0.15) is 5.56 Å². The first-order chi connectivity index (χ1) is 13.9. The van der Waals surface area contributed by atoms with Crippen LogP contribution in [0.3, 0.4) is 0 Å². The molecule has 0 aliphatic rings. The number of hydrogen-bond donors (Lipinski definition) is 2. The van der Waals surface area contributed by atoms with Crippen LogP contribution in [0.15, 0.2) is 64.3 Å². The van der Waals surface area contributed by atoms with Gasteiger partial charge < -0.3 is 14.8 Å². The van der Waals surface area contributed by atoms with Gasteiger partial charge in [-0.25, -0.2) is 9.97 Å². The van der Waals surface area contributed by atoms with Crippen molar-refractivity contribution in [2.24, 2.45) is 0 Å². The summed E-state index contributed by atoms with van der Waals surface area (Å²) in [6, 6.07) is 10.2. The van der Waals surface area contributed by atoms with Gasteiger partial charge in [-0.2, -0.15) is 16.3 Å². The fourth-order valence-corrected chi connectivity index (χ4v) is 3.76. The van der Waals surface area contributed by atoms with Crippen LogP contribution in [0.2, 0.25) is 0 Å². The molecule has 0 spiro atoms. The summed E-state index contributed by atoms with van der Waals surface area (Å²) in [5.41, 5.74) is 4.03. The Morgan fingerprint density at radius 3 is 3.07 bits per heavy atom. The largest absolute Gasteiger partial charge is 0.369 e. The zero-order valence-corrected chi connectivity index (χ0v) is 15.6. The Morgan fingerprint density at radius 2 is 2.14 bits per heavy atom. The van der Waals surface area contributed by atoms with Crippen molar-refractivity contribution in [3.63, 3.8) is 0 Å². The maximum Gasteiger partial charge on any atom is 0.263 e. The summed E-state index contributed by atoms with van der Waals surface area (Å²) >= 11 is 1.59. The third-order valence-electron chi connectivity index (χ3n) is 4.51. The summed E-state index contributed by atoms with van der Waals surface area (Å²) < 4.78 is 5.44. The first kappa shape index (κ1) is 16.6. The number of para-hydroxylation sites is 1. The van der Waals surface area contributed by atoms with E-state index in [1.54, 1.807) is 17.5 Å². The normalized spacial score (nSPS) is 11.1. The van der Waals surface area contributed by atoms with Crippen molar-refractivity contribution in [1.29, 1.82) is 0 Å². The highest BCUT2D eigenvalue weighted by atomic mass is 32.1. The van der Waals surface area contributed by atoms with Gasteiger partial charge in [-0.05, 0) is 29.5 Å². The van der Waals surface area contributed by atoms with E-state index in [-0.39, 0.29) is 0 Å². The van der Waals surface area contributed by atoms with Gasteiger partial charge in [0.15, 0.2) is 0 Å². The van der Waals surface area contributed by atoms with Crippen molar-refractivity contribution in [3.8, 4) is 22.8 Å². The second kappa shape index (κ2) is 7.24. The first-order valence-corrected chi connectivity index (χ1v) is 9.78. The Labute approximate surface area is 164 Å². The SMILES string of the molecule is c1ccc2c(CCNc3ncncc3-c3nc(-c4ccsc4)no3)c[nH]c2c1. The van der Waals surface area contributed by atoms with Gasteiger partial charge in [0.2, 0.25) is 5.82 Å². The Bertz CT molecular complexity index is 1210. The number of rotatable bonds is 6. The van der Waals surface area contributed by atoms with E-state index < -0.39 is 0 Å². The molecule has 0 saturated heterocycles. The quantitative estimate of drug-likeness (QED) is 0.448. The van der Waals surface area contributed by atoms with E-state index in [4.69, 9.17) is 4.52 Å². The average Bonchev–Trinajstić information content (AvgIpc) is 3.49. The zero-order valence-electron chi connectivity index (χ0n) is 14.8. The molecule has 1 aromatic carbocycles. The van der Waals surface area contributed by atoms with Crippen LogP contribution in [-0.2, 0) is 6.42 Å². The van der Waals surface area contributed by atoms with Crippen molar-refractivity contribution in [2.45, 2.75) is 6.42 Å².